The molecule has 1 amide bonds. The van der Waals surface area contributed by atoms with E-state index in [1.807, 2.05) is 0 Å². The second kappa shape index (κ2) is 4.88. The van der Waals surface area contributed by atoms with Crippen molar-refractivity contribution >= 4 is 23.2 Å². The van der Waals surface area contributed by atoms with E-state index in [4.69, 9.17) is 11.6 Å². The van der Waals surface area contributed by atoms with Crippen molar-refractivity contribution in [1.82, 2.24) is 9.97 Å². The van der Waals surface area contributed by atoms with Gasteiger partial charge in [0.2, 0.25) is 5.95 Å². The zero-order chi connectivity index (χ0) is 12.3. The fourth-order valence-electron chi connectivity index (χ4n) is 1.17. The summed E-state index contributed by atoms with van der Waals surface area (Å²) in [6.45, 7) is 0. The van der Waals surface area contributed by atoms with Crippen molar-refractivity contribution in [2.75, 3.05) is 5.32 Å². The van der Waals surface area contributed by atoms with Crippen LogP contribution in [-0.4, -0.2) is 15.9 Å². The van der Waals surface area contributed by atoms with Gasteiger partial charge in [-0.05, 0) is 18.2 Å². The van der Waals surface area contributed by atoms with E-state index in [9.17, 15) is 9.18 Å². The molecule has 0 unspecified atom stereocenters. The molecule has 6 heteroatoms. The van der Waals surface area contributed by atoms with Gasteiger partial charge in [-0.3, -0.25) is 9.78 Å². The van der Waals surface area contributed by atoms with Gasteiger partial charge in [-0.2, -0.15) is 4.39 Å². The summed E-state index contributed by atoms with van der Waals surface area (Å²) in [5.74, 6) is -1.06. The molecule has 0 aromatic carbocycles. The molecule has 2 rings (SSSR count). The van der Waals surface area contributed by atoms with Crippen molar-refractivity contribution in [2.45, 2.75) is 0 Å². The van der Waals surface area contributed by atoms with Crippen LogP contribution in [0.25, 0.3) is 0 Å². The Kier molecular flexibility index (Phi) is 3.30. The molecule has 0 aliphatic carbocycles. The minimum absolute atomic E-state index is 0.242. The van der Waals surface area contributed by atoms with E-state index in [0.717, 1.165) is 12.3 Å². The molecular formula is C11H7ClFN3O. The molecule has 0 saturated carbocycles. The number of hydrogen-bond donors (Lipinski definition) is 1. The minimum atomic E-state index is -0.638. The molecule has 2 aromatic rings. The van der Waals surface area contributed by atoms with Crippen LogP contribution in [0.4, 0.5) is 10.1 Å². The van der Waals surface area contributed by atoms with Gasteiger partial charge < -0.3 is 5.32 Å². The Morgan fingerprint density at radius 1 is 1.29 bits per heavy atom. The normalized spacial score (nSPS) is 10.0. The third-order valence-electron chi connectivity index (χ3n) is 2.01. The smallest absolute Gasteiger partial charge is 0.257 e. The number of carbonyl (C=O) groups excluding carboxylic acids is 1. The summed E-state index contributed by atoms with van der Waals surface area (Å²) in [4.78, 5) is 18.9. The highest BCUT2D eigenvalue weighted by atomic mass is 35.5. The largest absolute Gasteiger partial charge is 0.319 e. The van der Waals surface area contributed by atoms with Gasteiger partial charge in [-0.25, -0.2) is 4.98 Å². The molecule has 0 atom stereocenters. The quantitative estimate of drug-likeness (QED) is 0.835. The number of aromatic nitrogens is 2. The zero-order valence-corrected chi connectivity index (χ0v) is 9.28. The van der Waals surface area contributed by atoms with E-state index in [0.29, 0.717) is 10.7 Å². The van der Waals surface area contributed by atoms with Crippen LogP contribution in [0.2, 0.25) is 5.02 Å². The zero-order valence-electron chi connectivity index (χ0n) is 8.52. The topological polar surface area (TPSA) is 54.9 Å². The Morgan fingerprint density at radius 3 is 2.76 bits per heavy atom. The summed E-state index contributed by atoms with van der Waals surface area (Å²) in [5.41, 5.74) is 0.634. The van der Waals surface area contributed by atoms with Crippen molar-refractivity contribution in [3.05, 3.63) is 53.3 Å². The van der Waals surface area contributed by atoms with Crippen molar-refractivity contribution in [3.63, 3.8) is 0 Å². The molecule has 4 nitrogen and oxygen atoms in total. The molecule has 2 aromatic heterocycles. The van der Waals surface area contributed by atoms with Gasteiger partial charge in [0, 0.05) is 12.4 Å². The third kappa shape index (κ3) is 2.76. The second-order valence-electron chi connectivity index (χ2n) is 3.18. The molecular weight excluding hydrogens is 245 g/mol. The molecule has 1 N–H and O–H groups in total. The average Bonchev–Trinajstić information content (AvgIpc) is 2.33. The number of carbonyl (C=O) groups is 1. The average molecular weight is 252 g/mol. The number of nitrogens with one attached hydrogen (secondary N) is 1. The summed E-state index contributed by atoms with van der Waals surface area (Å²) < 4.78 is 12.6. The lowest BCUT2D eigenvalue weighted by molar-refractivity contribution is 0.102. The Hall–Kier alpha value is -2.01. The molecule has 0 spiro atoms. The Balaban J connectivity index is 2.17. The fourth-order valence-corrected chi connectivity index (χ4v) is 1.33. The first-order valence-electron chi connectivity index (χ1n) is 4.69. The first-order chi connectivity index (χ1) is 8.16. The van der Waals surface area contributed by atoms with Crippen molar-refractivity contribution < 1.29 is 9.18 Å². The lowest BCUT2D eigenvalue weighted by Gasteiger charge is -2.05. The van der Waals surface area contributed by atoms with Gasteiger partial charge in [0.1, 0.15) is 0 Å². The molecule has 0 fully saturated rings. The van der Waals surface area contributed by atoms with Crippen LogP contribution in [0.1, 0.15) is 10.4 Å². The van der Waals surface area contributed by atoms with Crippen LogP contribution in [0.3, 0.4) is 0 Å². The highest BCUT2D eigenvalue weighted by Crippen LogP contribution is 2.19. The molecule has 86 valence electrons. The third-order valence-corrected chi connectivity index (χ3v) is 2.34. The molecule has 0 saturated heterocycles. The number of nitrogens with zero attached hydrogens (tertiary/aromatic N) is 2. The van der Waals surface area contributed by atoms with E-state index in [-0.39, 0.29) is 5.56 Å². The molecule has 2 heterocycles. The summed E-state index contributed by atoms with van der Waals surface area (Å²) in [6.07, 6.45) is 4.09. The van der Waals surface area contributed by atoms with Crippen molar-refractivity contribution in [3.8, 4) is 0 Å². The Bertz CT molecular complexity index is 545. The maximum atomic E-state index is 12.6. The van der Waals surface area contributed by atoms with Gasteiger partial charge >= 0.3 is 0 Å². The summed E-state index contributed by atoms with van der Waals surface area (Å²) in [6, 6.07) is 4.00. The van der Waals surface area contributed by atoms with Crippen LogP contribution < -0.4 is 5.32 Å². The van der Waals surface area contributed by atoms with Gasteiger partial charge in [0.05, 0.1) is 22.5 Å². The van der Waals surface area contributed by atoms with Crippen LogP contribution in [0.5, 0.6) is 0 Å². The van der Waals surface area contributed by atoms with E-state index in [1.165, 1.54) is 18.5 Å². The maximum Gasteiger partial charge on any atom is 0.257 e. The molecule has 0 radical (unpaired) electrons. The minimum Gasteiger partial charge on any atom is -0.319 e. The Labute approximate surface area is 101 Å². The maximum absolute atomic E-state index is 12.6. The highest BCUT2D eigenvalue weighted by molar-refractivity contribution is 6.33. The molecule has 0 aliphatic heterocycles. The number of hydrogen-bond acceptors (Lipinski definition) is 3. The number of anilines is 1. The monoisotopic (exact) mass is 251 g/mol. The number of rotatable bonds is 2. The van der Waals surface area contributed by atoms with E-state index in [2.05, 4.69) is 15.3 Å². The number of amides is 1. The van der Waals surface area contributed by atoms with Crippen LogP contribution in [-0.2, 0) is 0 Å². The van der Waals surface area contributed by atoms with Gasteiger partial charge in [-0.1, -0.05) is 11.6 Å². The van der Waals surface area contributed by atoms with Crippen molar-refractivity contribution in [2.24, 2.45) is 0 Å². The lowest BCUT2D eigenvalue weighted by atomic mass is 10.2. The number of pyridine rings is 2. The first-order valence-corrected chi connectivity index (χ1v) is 5.07. The fraction of sp³-hybridized carbons (Fsp3) is 0. The molecule has 0 bridgehead atoms. The first kappa shape index (κ1) is 11.5. The SMILES string of the molecule is O=C(Nc1cnccc1Cl)c1ccc(F)nc1. The predicted molar refractivity (Wildman–Crippen MR) is 61.4 cm³/mol. The summed E-state index contributed by atoms with van der Waals surface area (Å²) in [5, 5.41) is 2.93. The van der Waals surface area contributed by atoms with Gasteiger partial charge in [0.15, 0.2) is 0 Å². The van der Waals surface area contributed by atoms with Crippen LogP contribution in [0.15, 0.2) is 36.8 Å². The molecule has 17 heavy (non-hydrogen) atoms. The van der Waals surface area contributed by atoms with Gasteiger partial charge in [-0.15, -0.1) is 0 Å². The highest BCUT2D eigenvalue weighted by Gasteiger charge is 2.08. The lowest BCUT2D eigenvalue weighted by Crippen LogP contribution is -2.12. The standard InChI is InChI=1S/C11H7ClFN3O/c12-8-3-4-14-6-9(8)16-11(17)7-1-2-10(13)15-5-7/h1-6H,(H,16,17). The predicted octanol–water partition coefficient (Wildman–Crippen LogP) is 2.52. The summed E-state index contributed by atoms with van der Waals surface area (Å²) in [7, 11) is 0. The second-order valence-corrected chi connectivity index (χ2v) is 3.59. The molecule has 0 aliphatic rings. The van der Waals surface area contributed by atoms with Crippen LogP contribution >= 0.6 is 11.6 Å². The van der Waals surface area contributed by atoms with Crippen LogP contribution in [0, 0.1) is 5.95 Å². The summed E-state index contributed by atoms with van der Waals surface area (Å²) >= 11 is 5.85. The number of halogens is 2. The Morgan fingerprint density at radius 2 is 2.12 bits per heavy atom. The van der Waals surface area contributed by atoms with E-state index >= 15 is 0 Å². The van der Waals surface area contributed by atoms with E-state index in [1.54, 1.807) is 6.07 Å². The van der Waals surface area contributed by atoms with Gasteiger partial charge in [0.25, 0.3) is 5.91 Å². The van der Waals surface area contributed by atoms with E-state index < -0.39 is 11.9 Å². The van der Waals surface area contributed by atoms with Crippen molar-refractivity contribution in [1.29, 1.82) is 0 Å².